The Morgan fingerprint density at radius 2 is 2.15 bits per heavy atom. The van der Waals surface area contributed by atoms with E-state index in [1.165, 1.54) is 5.01 Å². The molecule has 0 radical (unpaired) electrons. The van der Waals surface area contributed by atoms with E-state index in [0.717, 1.165) is 18.5 Å². The fourth-order valence-corrected chi connectivity index (χ4v) is 1.93. The highest BCUT2D eigenvalue weighted by Crippen LogP contribution is 2.19. The smallest absolute Gasteiger partial charge is 0.0953 e. The van der Waals surface area contributed by atoms with Crippen LogP contribution in [0.3, 0.4) is 0 Å². The van der Waals surface area contributed by atoms with Gasteiger partial charge in [0.15, 0.2) is 0 Å². The molecule has 0 saturated heterocycles. The third-order valence-electron chi connectivity index (χ3n) is 1.88. The quantitative estimate of drug-likeness (QED) is 0.808. The van der Waals surface area contributed by atoms with Crippen LogP contribution in [0.1, 0.15) is 43.8 Å². The van der Waals surface area contributed by atoms with Crippen LogP contribution in [-0.2, 0) is 6.42 Å². The molecule has 0 unspecified atom stereocenters. The monoisotopic (exact) mass is 199 g/mol. The molecule has 3 heteroatoms. The molecule has 1 heterocycles. The summed E-state index contributed by atoms with van der Waals surface area (Å²) in [6.45, 7) is 6.12. The summed E-state index contributed by atoms with van der Waals surface area (Å²) in [6.07, 6.45) is 1.48. The molecule has 74 valence electrons. The molecule has 1 aromatic heterocycles. The number of aromatic nitrogens is 1. The van der Waals surface area contributed by atoms with E-state index in [1.54, 1.807) is 11.3 Å². The van der Waals surface area contributed by atoms with E-state index < -0.39 is 0 Å². The summed E-state index contributed by atoms with van der Waals surface area (Å²) in [7, 11) is 0. The number of hydrogen-bond acceptors (Lipinski definition) is 3. The molecule has 2 nitrogen and oxygen atoms in total. The molecular formula is C10H17NOS. The van der Waals surface area contributed by atoms with E-state index in [-0.39, 0.29) is 6.10 Å². The molecular weight excluding hydrogens is 182 g/mol. The number of nitrogens with zero attached hydrogens (tertiary/aromatic N) is 1. The maximum Gasteiger partial charge on any atom is 0.0953 e. The van der Waals surface area contributed by atoms with Crippen LogP contribution in [0.2, 0.25) is 0 Å². The summed E-state index contributed by atoms with van der Waals surface area (Å²) in [5.74, 6) is 0.519. The Hall–Kier alpha value is -0.410. The van der Waals surface area contributed by atoms with Crippen LogP contribution in [-0.4, -0.2) is 16.2 Å². The van der Waals surface area contributed by atoms with Crippen molar-refractivity contribution in [2.75, 3.05) is 0 Å². The first-order valence-electron chi connectivity index (χ1n) is 4.72. The van der Waals surface area contributed by atoms with Gasteiger partial charge in [0.1, 0.15) is 0 Å². The second-order valence-electron chi connectivity index (χ2n) is 3.72. The number of thiazole rings is 1. The summed E-state index contributed by atoms with van der Waals surface area (Å²) in [5.41, 5.74) is 1.12. The molecule has 0 aliphatic heterocycles. The van der Waals surface area contributed by atoms with Gasteiger partial charge in [-0.15, -0.1) is 11.3 Å². The maximum absolute atomic E-state index is 9.11. The highest BCUT2D eigenvalue weighted by atomic mass is 32.1. The topological polar surface area (TPSA) is 33.1 Å². The summed E-state index contributed by atoms with van der Waals surface area (Å²) in [5, 5.41) is 12.4. The molecule has 0 aromatic carbocycles. The van der Waals surface area contributed by atoms with Gasteiger partial charge in [-0.25, -0.2) is 4.98 Å². The summed E-state index contributed by atoms with van der Waals surface area (Å²) < 4.78 is 0. The van der Waals surface area contributed by atoms with Crippen LogP contribution in [0.15, 0.2) is 5.38 Å². The summed E-state index contributed by atoms with van der Waals surface area (Å²) in [4.78, 5) is 4.49. The predicted molar refractivity (Wildman–Crippen MR) is 56.2 cm³/mol. The van der Waals surface area contributed by atoms with E-state index in [2.05, 4.69) is 24.2 Å². The highest BCUT2D eigenvalue weighted by molar-refractivity contribution is 7.09. The van der Waals surface area contributed by atoms with Gasteiger partial charge in [-0.3, -0.25) is 0 Å². The number of aliphatic hydroxyl groups is 1. The van der Waals surface area contributed by atoms with Crippen molar-refractivity contribution in [2.45, 2.75) is 45.6 Å². The third-order valence-corrected chi connectivity index (χ3v) is 3.08. The molecule has 1 atom stereocenters. The largest absolute Gasteiger partial charge is 0.393 e. The van der Waals surface area contributed by atoms with Gasteiger partial charge in [0, 0.05) is 11.3 Å². The Bertz CT molecular complexity index is 255. The summed E-state index contributed by atoms with van der Waals surface area (Å²) in [6, 6.07) is 0. The first-order valence-corrected chi connectivity index (χ1v) is 5.60. The first kappa shape index (κ1) is 10.7. The zero-order valence-corrected chi connectivity index (χ0v) is 9.27. The van der Waals surface area contributed by atoms with Gasteiger partial charge < -0.3 is 5.11 Å². The Morgan fingerprint density at radius 3 is 2.62 bits per heavy atom. The zero-order valence-electron chi connectivity index (χ0n) is 8.45. The normalized spacial score (nSPS) is 13.6. The molecule has 0 spiro atoms. The number of hydrogen-bond donors (Lipinski definition) is 1. The average molecular weight is 199 g/mol. The molecule has 0 aliphatic rings. The van der Waals surface area contributed by atoms with E-state index in [1.807, 2.05) is 6.92 Å². The molecule has 0 bridgehead atoms. The lowest BCUT2D eigenvalue weighted by molar-refractivity contribution is 0.184. The second-order valence-corrected chi connectivity index (χ2v) is 4.61. The number of aliphatic hydroxyl groups excluding tert-OH is 1. The lowest BCUT2D eigenvalue weighted by Gasteiger charge is -2.00. The maximum atomic E-state index is 9.11. The lowest BCUT2D eigenvalue weighted by atomic mass is 10.2. The Morgan fingerprint density at radius 1 is 1.46 bits per heavy atom. The molecule has 0 fully saturated rings. The highest BCUT2D eigenvalue weighted by Gasteiger charge is 2.06. The fraction of sp³-hybridized carbons (Fsp3) is 0.700. The van der Waals surface area contributed by atoms with Gasteiger partial charge in [-0.05, 0) is 19.8 Å². The number of aryl methyl sites for hydroxylation is 1. The van der Waals surface area contributed by atoms with Crippen molar-refractivity contribution in [1.82, 2.24) is 4.98 Å². The van der Waals surface area contributed by atoms with Crippen molar-refractivity contribution in [2.24, 2.45) is 0 Å². The van der Waals surface area contributed by atoms with E-state index >= 15 is 0 Å². The van der Waals surface area contributed by atoms with Crippen LogP contribution in [0.5, 0.6) is 0 Å². The number of rotatable bonds is 4. The molecule has 0 saturated carbocycles. The molecule has 13 heavy (non-hydrogen) atoms. The fourth-order valence-electron chi connectivity index (χ4n) is 1.06. The van der Waals surface area contributed by atoms with Crippen LogP contribution in [0.4, 0.5) is 0 Å². The van der Waals surface area contributed by atoms with Crippen molar-refractivity contribution >= 4 is 11.3 Å². The van der Waals surface area contributed by atoms with Crippen molar-refractivity contribution in [3.63, 3.8) is 0 Å². The Balaban J connectivity index is 2.49. The van der Waals surface area contributed by atoms with E-state index in [9.17, 15) is 0 Å². The van der Waals surface area contributed by atoms with Crippen molar-refractivity contribution in [3.05, 3.63) is 16.1 Å². The van der Waals surface area contributed by atoms with Gasteiger partial charge in [-0.1, -0.05) is 13.8 Å². The standard InChI is InChI=1S/C10H17NOS/c1-7(2)10-11-9(6-13-10)5-4-8(3)12/h6-8,12H,4-5H2,1-3H3/t8-/m1/s1. The van der Waals surface area contributed by atoms with Gasteiger partial charge in [-0.2, -0.15) is 0 Å². The van der Waals surface area contributed by atoms with Gasteiger partial charge in [0.2, 0.25) is 0 Å². The van der Waals surface area contributed by atoms with Gasteiger partial charge >= 0.3 is 0 Å². The SMILES string of the molecule is CC(C)c1nc(CC[C@@H](C)O)cs1. The molecule has 1 aromatic rings. The predicted octanol–water partition coefficient (Wildman–Crippen LogP) is 2.58. The average Bonchev–Trinajstić information content (AvgIpc) is 2.48. The van der Waals surface area contributed by atoms with Crippen LogP contribution in [0.25, 0.3) is 0 Å². The van der Waals surface area contributed by atoms with Crippen LogP contribution >= 0.6 is 11.3 Å². The zero-order chi connectivity index (χ0) is 9.84. The third kappa shape index (κ3) is 3.44. The van der Waals surface area contributed by atoms with Crippen LogP contribution in [0, 0.1) is 0 Å². The van der Waals surface area contributed by atoms with Crippen molar-refractivity contribution < 1.29 is 5.11 Å². The van der Waals surface area contributed by atoms with Gasteiger partial charge in [0.05, 0.1) is 16.8 Å². The minimum atomic E-state index is -0.218. The first-order chi connectivity index (χ1) is 6.09. The van der Waals surface area contributed by atoms with Crippen LogP contribution < -0.4 is 0 Å². The van der Waals surface area contributed by atoms with Crippen molar-refractivity contribution in [3.8, 4) is 0 Å². The van der Waals surface area contributed by atoms with Crippen molar-refractivity contribution in [1.29, 1.82) is 0 Å². The minimum Gasteiger partial charge on any atom is -0.393 e. The molecule has 1 N–H and O–H groups in total. The van der Waals surface area contributed by atoms with E-state index in [4.69, 9.17) is 5.11 Å². The lowest BCUT2D eigenvalue weighted by Crippen LogP contribution is -2.01. The summed E-state index contributed by atoms with van der Waals surface area (Å²) >= 11 is 1.72. The molecule has 0 amide bonds. The minimum absolute atomic E-state index is 0.218. The Kier molecular flexibility index (Phi) is 3.88. The molecule has 1 rings (SSSR count). The Labute approximate surface area is 83.6 Å². The van der Waals surface area contributed by atoms with Gasteiger partial charge in [0.25, 0.3) is 0 Å². The van der Waals surface area contributed by atoms with E-state index in [0.29, 0.717) is 5.92 Å². The molecule has 0 aliphatic carbocycles. The second kappa shape index (κ2) is 4.72.